The Bertz CT molecular complexity index is 1430. The monoisotopic (exact) mass is 484 g/mol. The number of carbonyl (C=O) groups excluding carboxylic acids is 2. The molecule has 0 fully saturated rings. The zero-order chi connectivity index (χ0) is 24.7. The fourth-order valence-electron chi connectivity index (χ4n) is 4.65. The Labute approximate surface area is 209 Å². The SMILES string of the molecule is CN1C(=O)C(C)(c2cccc(-c3cc(Cl)ccc3CNC(=O)C3=Cc4ccccc4C3)c2)N=C1N. The van der Waals surface area contributed by atoms with Crippen LogP contribution >= 0.6 is 11.6 Å². The molecule has 176 valence electrons. The number of nitrogens with one attached hydrogen (secondary N) is 1. The van der Waals surface area contributed by atoms with Gasteiger partial charge in [0, 0.05) is 30.6 Å². The van der Waals surface area contributed by atoms with Crippen molar-refractivity contribution in [2.75, 3.05) is 7.05 Å². The number of nitrogens with two attached hydrogens (primary N) is 1. The first-order valence-corrected chi connectivity index (χ1v) is 11.7. The molecule has 7 heteroatoms. The van der Waals surface area contributed by atoms with Crippen LogP contribution in [-0.2, 0) is 28.1 Å². The molecule has 2 aliphatic rings. The maximum atomic E-state index is 12.9. The molecule has 6 nitrogen and oxygen atoms in total. The van der Waals surface area contributed by atoms with E-state index in [1.54, 1.807) is 14.0 Å². The van der Waals surface area contributed by atoms with Crippen LogP contribution in [0.5, 0.6) is 0 Å². The maximum absolute atomic E-state index is 12.9. The molecule has 0 radical (unpaired) electrons. The number of benzene rings is 3. The largest absolute Gasteiger partial charge is 0.369 e. The van der Waals surface area contributed by atoms with E-state index in [0.717, 1.165) is 39.0 Å². The standard InChI is InChI=1S/C28H25ClN4O2/c1-28(26(35)33(2)27(30)32-28)22-9-5-8-19(14-22)24-15-23(29)11-10-20(24)16-31-25(34)21-12-17-6-3-4-7-18(17)13-21/h3-12,14-15H,13,16H2,1-2H3,(H2,30,32)(H,31,34). The summed E-state index contributed by atoms with van der Waals surface area (Å²) in [5, 5.41) is 3.63. The summed E-state index contributed by atoms with van der Waals surface area (Å²) in [4.78, 5) is 31.5. The molecule has 1 unspecified atom stereocenters. The van der Waals surface area contributed by atoms with Crippen molar-refractivity contribution in [1.29, 1.82) is 0 Å². The number of halogens is 1. The highest BCUT2D eigenvalue weighted by atomic mass is 35.5. The van der Waals surface area contributed by atoms with Crippen LogP contribution in [0.15, 0.2) is 77.3 Å². The third-order valence-electron chi connectivity index (χ3n) is 6.71. The van der Waals surface area contributed by atoms with Gasteiger partial charge in [-0.3, -0.25) is 14.5 Å². The van der Waals surface area contributed by atoms with Gasteiger partial charge in [0.1, 0.15) is 0 Å². The van der Waals surface area contributed by atoms with Crippen molar-refractivity contribution < 1.29 is 9.59 Å². The molecule has 0 saturated carbocycles. The molecule has 3 N–H and O–H groups in total. The second-order valence-electron chi connectivity index (χ2n) is 9.02. The summed E-state index contributed by atoms with van der Waals surface area (Å²) in [6, 6.07) is 21.3. The zero-order valence-electron chi connectivity index (χ0n) is 19.5. The van der Waals surface area contributed by atoms with E-state index in [1.165, 1.54) is 4.90 Å². The summed E-state index contributed by atoms with van der Waals surface area (Å²) in [5.41, 5.74) is 11.2. The van der Waals surface area contributed by atoms with Gasteiger partial charge in [0.2, 0.25) is 5.91 Å². The van der Waals surface area contributed by atoms with Gasteiger partial charge in [0.15, 0.2) is 11.5 Å². The van der Waals surface area contributed by atoms with Gasteiger partial charge in [0.25, 0.3) is 5.91 Å². The van der Waals surface area contributed by atoms with Gasteiger partial charge in [0.05, 0.1) is 0 Å². The summed E-state index contributed by atoms with van der Waals surface area (Å²) in [6.07, 6.45) is 2.57. The number of guanidine groups is 1. The van der Waals surface area contributed by atoms with Gasteiger partial charge in [-0.25, -0.2) is 4.99 Å². The van der Waals surface area contributed by atoms with Gasteiger partial charge in [-0.15, -0.1) is 0 Å². The van der Waals surface area contributed by atoms with Crippen LogP contribution in [0.3, 0.4) is 0 Å². The summed E-state index contributed by atoms with van der Waals surface area (Å²) < 4.78 is 0. The van der Waals surface area contributed by atoms with E-state index >= 15 is 0 Å². The number of fused-ring (bicyclic) bond motifs is 1. The van der Waals surface area contributed by atoms with Crippen molar-refractivity contribution in [1.82, 2.24) is 10.2 Å². The van der Waals surface area contributed by atoms with Crippen molar-refractivity contribution in [2.24, 2.45) is 10.7 Å². The Morgan fingerprint density at radius 1 is 1.14 bits per heavy atom. The van der Waals surface area contributed by atoms with E-state index < -0.39 is 5.54 Å². The summed E-state index contributed by atoms with van der Waals surface area (Å²) in [7, 11) is 1.62. The first-order chi connectivity index (χ1) is 16.8. The minimum atomic E-state index is -1.09. The van der Waals surface area contributed by atoms with Crippen LogP contribution in [0.25, 0.3) is 17.2 Å². The lowest BCUT2D eigenvalue weighted by molar-refractivity contribution is -0.130. The van der Waals surface area contributed by atoms with Crippen molar-refractivity contribution in [3.8, 4) is 11.1 Å². The quantitative estimate of drug-likeness (QED) is 0.567. The lowest BCUT2D eigenvalue weighted by Gasteiger charge is -2.21. The molecule has 35 heavy (non-hydrogen) atoms. The van der Waals surface area contributed by atoms with Crippen molar-refractivity contribution in [3.63, 3.8) is 0 Å². The van der Waals surface area contributed by atoms with Crippen LogP contribution < -0.4 is 11.1 Å². The maximum Gasteiger partial charge on any atom is 0.261 e. The van der Waals surface area contributed by atoms with Crippen LogP contribution in [0.4, 0.5) is 0 Å². The number of nitrogens with zero attached hydrogens (tertiary/aromatic N) is 2. The number of hydrogen-bond acceptors (Lipinski definition) is 4. The smallest absolute Gasteiger partial charge is 0.261 e. The molecule has 3 aromatic rings. The van der Waals surface area contributed by atoms with Crippen molar-refractivity contribution in [2.45, 2.75) is 25.4 Å². The Morgan fingerprint density at radius 2 is 1.94 bits per heavy atom. The molecule has 1 heterocycles. The Hall–Kier alpha value is -3.90. The zero-order valence-corrected chi connectivity index (χ0v) is 20.3. The Balaban J connectivity index is 1.41. The second-order valence-corrected chi connectivity index (χ2v) is 9.45. The minimum Gasteiger partial charge on any atom is -0.369 e. The molecule has 1 aliphatic heterocycles. The highest BCUT2D eigenvalue weighted by Crippen LogP contribution is 2.35. The first-order valence-electron chi connectivity index (χ1n) is 11.4. The molecule has 0 aromatic heterocycles. The molecule has 0 bridgehead atoms. The Morgan fingerprint density at radius 3 is 2.69 bits per heavy atom. The number of hydrogen-bond donors (Lipinski definition) is 2. The summed E-state index contributed by atoms with van der Waals surface area (Å²) in [5.74, 6) is -0.0817. The van der Waals surface area contributed by atoms with E-state index in [-0.39, 0.29) is 17.8 Å². The van der Waals surface area contributed by atoms with Crippen LogP contribution in [0.2, 0.25) is 5.02 Å². The van der Waals surface area contributed by atoms with Crippen LogP contribution in [0, 0.1) is 0 Å². The van der Waals surface area contributed by atoms with Gasteiger partial charge in [-0.05, 0) is 64.6 Å². The first kappa shape index (κ1) is 22.9. The van der Waals surface area contributed by atoms with Gasteiger partial charge < -0.3 is 11.1 Å². The summed E-state index contributed by atoms with van der Waals surface area (Å²) >= 11 is 6.34. The van der Waals surface area contributed by atoms with E-state index in [4.69, 9.17) is 17.3 Å². The molecule has 1 atom stereocenters. The fourth-order valence-corrected chi connectivity index (χ4v) is 4.82. The number of rotatable bonds is 5. The van der Waals surface area contributed by atoms with Gasteiger partial charge >= 0.3 is 0 Å². The van der Waals surface area contributed by atoms with Crippen LogP contribution in [-0.4, -0.2) is 29.7 Å². The third-order valence-corrected chi connectivity index (χ3v) is 6.94. The average molecular weight is 485 g/mol. The Kier molecular flexibility index (Phi) is 5.69. The second kappa shape index (κ2) is 8.71. The molecule has 0 spiro atoms. The molecule has 2 amide bonds. The lowest BCUT2D eigenvalue weighted by atomic mass is 9.89. The van der Waals surface area contributed by atoms with Crippen molar-refractivity contribution >= 4 is 35.5 Å². The van der Waals surface area contributed by atoms with Crippen molar-refractivity contribution in [3.05, 3.63) is 99.6 Å². The highest BCUT2D eigenvalue weighted by Gasteiger charge is 2.43. The molecule has 0 saturated heterocycles. The van der Waals surface area contributed by atoms with E-state index in [0.29, 0.717) is 18.0 Å². The predicted molar refractivity (Wildman–Crippen MR) is 139 cm³/mol. The average Bonchev–Trinajstić information content (AvgIpc) is 3.39. The number of aliphatic imine (C=N–C) groups is 1. The van der Waals surface area contributed by atoms with Crippen LogP contribution in [0.1, 0.15) is 29.2 Å². The molecule has 5 rings (SSSR count). The van der Waals surface area contributed by atoms with Gasteiger partial charge in [-0.1, -0.05) is 60.1 Å². The highest BCUT2D eigenvalue weighted by molar-refractivity contribution is 6.30. The third kappa shape index (κ3) is 4.10. The van der Waals surface area contributed by atoms with E-state index in [9.17, 15) is 9.59 Å². The summed E-state index contributed by atoms with van der Waals surface area (Å²) in [6.45, 7) is 2.10. The van der Waals surface area contributed by atoms with Gasteiger partial charge in [-0.2, -0.15) is 0 Å². The van der Waals surface area contributed by atoms with E-state index in [1.807, 2.05) is 72.8 Å². The lowest BCUT2D eigenvalue weighted by Crippen LogP contribution is -2.38. The predicted octanol–water partition coefficient (Wildman–Crippen LogP) is 4.26. The number of amides is 2. The molecular weight excluding hydrogens is 460 g/mol. The van der Waals surface area contributed by atoms with E-state index in [2.05, 4.69) is 10.3 Å². The minimum absolute atomic E-state index is 0.0900. The number of carbonyl (C=O) groups is 2. The molecule has 1 aliphatic carbocycles. The molecular formula is C28H25ClN4O2. The number of likely N-dealkylation sites (N-methyl/N-ethyl adjacent to an activating group) is 1. The fraction of sp³-hybridized carbons (Fsp3) is 0.179. The topological polar surface area (TPSA) is 87.8 Å². The molecule has 3 aromatic carbocycles. The normalized spacial score (nSPS) is 18.8.